The highest BCUT2D eigenvalue weighted by molar-refractivity contribution is 7.86. The Bertz CT molecular complexity index is 4670. The minimum absolute atomic E-state index is 0.0416. The third-order valence-corrected chi connectivity index (χ3v) is 22.4. The maximum atomic E-state index is 14.5. The molecule has 0 aliphatic carbocycles. The molecule has 20 N–H and O–H groups in total. The molecule has 700 valence electrons. The molecule has 1 saturated heterocycles. The van der Waals surface area contributed by atoms with Gasteiger partial charge in [-0.3, -0.25) is 48.6 Å². The number of carbonyl (C=O) groups is 10. The number of unbranched alkanes of at least 4 members (excludes halogenated alkanes) is 4. The van der Waals surface area contributed by atoms with Crippen molar-refractivity contribution in [1.29, 1.82) is 0 Å². The van der Waals surface area contributed by atoms with Crippen LogP contribution in [0, 0.1) is 11.8 Å². The van der Waals surface area contributed by atoms with Crippen LogP contribution in [0.25, 0.3) is 0 Å². The molecule has 1 fully saturated rings. The Hall–Kier alpha value is -11.3. The molecule has 7 atom stereocenters. The summed E-state index contributed by atoms with van der Waals surface area (Å²) in [7, 11) is -8.82. The largest absolute Gasteiger partial charge is 0.748 e. The Morgan fingerprint density at radius 3 is 1.90 bits per heavy atom. The van der Waals surface area contributed by atoms with Crippen LogP contribution in [0.2, 0.25) is 0 Å². The molecule has 3 aliphatic heterocycles. The number of aromatic hydroxyl groups is 1. The highest BCUT2D eigenvalue weighted by Crippen LogP contribution is 2.49. The first-order valence-electron chi connectivity index (χ1n) is 40.9. The van der Waals surface area contributed by atoms with Crippen molar-refractivity contribution < 1.29 is 125 Å². The molecular formula is C82H118F6N16O20S2. The summed E-state index contributed by atoms with van der Waals surface area (Å²) in [6.07, 6.45) is 5.41. The molecule has 0 aromatic heterocycles. The van der Waals surface area contributed by atoms with Crippen molar-refractivity contribution in [1.82, 2.24) is 42.1 Å². The smallest absolute Gasteiger partial charge is 0.490 e. The molecule has 0 bridgehead atoms. The summed E-state index contributed by atoms with van der Waals surface area (Å²) in [5.41, 5.74) is 28.6. The molecule has 3 heterocycles. The number of phenolic OH excluding ortho intramolecular Hbond substituents is 1. The molecule has 8 amide bonds. The van der Waals surface area contributed by atoms with Gasteiger partial charge in [-0.15, -0.1) is 0 Å². The lowest BCUT2D eigenvalue weighted by Crippen LogP contribution is -2.60. The molecule has 3 aromatic rings. The lowest BCUT2D eigenvalue weighted by Gasteiger charge is -2.31. The van der Waals surface area contributed by atoms with Crippen LogP contribution in [0.4, 0.5) is 42.5 Å². The summed E-state index contributed by atoms with van der Waals surface area (Å²) >= 11 is 0. The Morgan fingerprint density at radius 2 is 1.30 bits per heavy atom. The van der Waals surface area contributed by atoms with Gasteiger partial charge in [-0.05, 0) is 150 Å². The number of guanidine groups is 2. The van der Waals surface area contributed by atoms with E-state index in [4.69, 9.17) is 42.7 Å². The first-order valence-corrected chi connectivity index (χ1v) is 43.9. The number of rotatable bonds is 44. The number of nitrogens with two attached hydrogens (primary N) is 4. The van der Waals surface area contributed by atoms with Crippen molar-refractivity contribution in [2.45, 2.75) is 229 Å². The summed E-state index contributed by atoms with van der Waals surface area (Å²) in [6, 6.07) is 10.8. The van der Waals surface area contributed by atoms with Gasteiger partial charge < -0.3 is 89.6 Å². The summed E-state index contributed by atoms with van der Waals surface area (Å²) in [6.45, 7) is 17.4. The molecule has 126 heavy (non-hydrogen) atoms. The maximum absolute atomic E-state index is 14.5. The van der Waals surface area contributed by atoms with Crippen LogP contribution in [0.3, 0.4) is 0 Å². The van der Waals surface area contributed by atoms with Gasteiger partial charge in [-0.25, -0.2) is 27.6 Å². The highest BCUT2D eigenvalue weighted by atomic mass is 32.2. The van der Waals surface area contributed by atoms with Crippen molar-refractivity contribution in [2.75, 3.05) is 56.5 Å². The Morgan fingerprint density at radius 1 is 0.690 bits per heavy atom. The van der Waals surface area contributed by atoms with Gasteiger partial charge >= 0.3 is 36.3 Å². The number of carbonyl (C=O) groups excluding carboxylic acids is 7. The topological polar surface area (TPSA) is 586 Å². The van der Waals surface area contributed by atoms with Gasteiger partial charge in [0.15, 0.2) is 17.6 Å². The minimum Gasteiger partial charge on any atom is -0.748 e. The number of fused-ring (bicyclic) bond motifs is 2. The van der Waals surface area contributed by atoms with E-state index in [0.29, 0.717) is 76.6 Å². The number of para-hydroxylation sites is 1. The van der Waals surface area contributed by atoms with E-state index in [0.717, 1.165) is 33.9 Å². The lowest BCUT2D eigenvalue weighted by molar-refractivity contribution is -0.438. The number of hydrogen-bond donors (Lipinski definition) is 16. The first-order chi connectivity index (χ1) is 58.7. The fraction of sp³-hybridized carbons (Fsp3) is 0.549. The van der Waals surface area contributed by atoms with Crippen LogP contribution < -0.4 is 65.1 Å². The number of benzene rings is 3. The van der Waals surface area contributed by atoms with Crippen LogP contribution in [0.15, 0.2) is 118 Å². The van der Waals surface area contributed by atoms with E-state index in [2.05, 4.69) is 76.6 Å². The minimum atomic E-state index is -5.08. The van der Waals surface area contributed by atoms with Crippen molar-refractivity contribution >= 4 is 109 Å². The number of urea groups is 1. The Labute approximate surface area is 727 Å². The quantitative estimate of drug-likeness (QED) is 0.00588. The van der Waals surface area contributed by atoms with E-state index in [-0.39, 0.29) is 124 Å². The average molecular weight is 1830 g/mol. The number of alkyl halides is 6. The van der Waals surface area contributed by atoms with Crippen molar-refractivity contribution in [3.63, 3.8) is 0 Å². The second-order valence-corrected chi connectivity index (χ2v) is 34.7. The molecule has 44 heteroatoms. The SMILES string of the molecule is CC[C@H](C)[C@H](NC(=O)[C@H](Cc1ccc(O)cc1)NC(=O)[C@@H]1CCCN1C(=O)[C@H](CCCN=C(N)N)NC(=O)[C@@H](N)CCCN=C(N)NC(=O)NCCCCNC(=O)CCCCCN1/C(=C/C=C/C=C/C2=[N+](CCCCS(=O)(=O)[O-])c3ccccc3C2(C)C)C(C)(C)c2cc(S(=O)(=O)O)ccc21)C(=O)N[C@@H](CC(C)C)C(=O)O.O=C(O)C(F)(F)F.O=C(O)C(F)(F)F. The Kier molecular flexibility index (Phi) is 42.2. The molecule has 36 nitrogen and oxygen atoms in total. The number of aliphatic imine (C=N–C) groups is 2. The number of aliphatic carboxylic acids is 3. The fourth-order valence-corrected chi connectivity index (χ4v) is 15.0. The van der Waals surface area contributed by atoms with E-state index < -0.39 is 139 Å². The predicted molar refractivity (Wildman–Crippen MR) is 455 cm³/mol. The van der Waals surface area contributed by atoms with Crippen LogP contribution in [-0.2, 0) is 80.6 Å². The zero-order chi connectivity index (χ0) is 94.8. The summed E-state index contributed by atoms with van der Waals surface area (Å²) in [4.78, 5) is 138. The number of amides is 8. The molecule has 3 aliphatic rings. The molecule has 0 radical (unpaired) electrons. The van der Waals surface area contributed by atoms with Gasteiger partial charge in [-0.1, -0.05) is 103 Å². The normalized spacial score (nSPS) is 16.6. The average Bonchev–Trinajstić information content (AvgIpc) is 1.59. The van der Waals surface area contributed by atoms with E-state index in [9.17, 15) is 101 Å². The van der Waals surface area contributed by atoms with Crippen LogP contribution >= 0.6 is 0 Å². The second-order valence-electron chi connectivity index (χ2n) is 31.8. The number of phenols is 1. The van der Waals surface area contributed by atoms with Crippen LogP contribution in [0.1, 0.15) is 175 Å². The molecule has 0 unspecified atom stereocenters. The van der Waals surface area contributed by atoms with Crippen LogP contribution in [-0.4, -0.2) is 233 Å². The monoisotopic (exact) mass is 1820 g/mol. The van der Waals surface area contributed by atoms with Gasteiger partial charge in [0.25, 0.3) is 10.1 Å². The first kappa shape index (κ1) is 107. The number of allylic oxidation sites excluding steroid dienone is 6. The molecule has 0 spiro atoms. The van der Waals surface area contributed by atoms with Gasteiger partial charge in [0, 0.05) is 98.8 Å². The number of hydrogen-bond acceptors (Lipinski definition) is 20. The number of nitrogens with zero attached hydrogens (tertiary/aromatic N) is 5. The van der Waals surface area contributed by atoms with E-state index in [1.807, 2.05) is 76.3 Å². The lowest BCUT2D eigenvalue weighted by atomic mass is 9.81. The second kappa shape index (κ2) is 49.6. The number of likely N-dealkylation sites (tertiary alicyclic amines) is 1. The van der Waals surface area contributed by atoms with Gasteiger partial charge in [0.2, 0.25) is 41.1 Å². The van der Waals surface area contributed by atoms with Crippen LogP contribution in [0.5, 0.6) is 5.75 Å². The third-order valence-electron chi connectivity index (χ3n) is 20.8. The Balaban J connectivity index is 0.00000218. The molecular weight excluding hydrogens is 1710 g/mol. The van der Waals surface area contributed by atoms with Crippen molar-refractivity contribution in [2.24, 2.45) is 44.8 Å². The zero-order valence-electron chi connectivity index (χ0n) is 71.5. The zero-order valence-corrected chi connectivity index (χ0v) is 73.2. The van der Waals surface area contributed by atoms with E-state index in [1.165, 1.54) is 29.2 Å². The standard InChI is InChI=1S/C78H116N16O16S2.2C2HF3O2/c1-9-51(4)67(71(100)89-60(73(102)103)47-50(2)3)90-69(98)59(48-52-33-35-53(95)36-34-52)88-70(99)63-29-24-45-94(63)72(101)58(27-23-41-84-74(80)81)87-68(97)57(79)26-22-42-85-75(82)91-76(104)86-40-18-17-39-83-66(96)32-14-11-19-43-93-62-38-37-54(112(108,109)110)49-56(62)78(7,8)65(93)31-13-10-12-30-64-77(5,6)55-25-15-16-28-61(55)92(64)44-20-21-46-111(105,106)107;2*3-2(4,5)1(6)7/h10,12-13,15-16,25,28,30-31,33-38,49-51,57-60,63,67H,9,11,14,17-24,26-27,29,32,39-48,79H2,1-8H3,(H16-,80,81,82,83,84,85,86,87,88,89,90,91,95,96,97,98,99,100,102,103,104,105,106,107,108,109,110);2*(H,6,7)/t51-,57-,58-,59-,60-,63-,67-;;/m0../s1. The van der Waals surface area contributed by atoms with Crippen molar-refractivity contribution in [3.8, 4) is 5.75 Å². The maximum Gasteiger partial charge on any atom is 0.490 e. The number of halogens is 6. The molecule has 6 rings (SSSR count). The summed E-state index contributed by atoms with van der Waals surface area (Å²) in [5, 5.41) is 53.1. The fourth-order valence-electron chi connectivity index (χ4n) is 14.0. The highest BCUT2D eigenvalue weighted by Gasteiger charge is 2.46. The molecule has 0 saturated carbocycles. The summed E-state index contributed by atoms with van der Waals surface area (Å²) in [5.74, 6) is -11.7. The van der Waals surface area contributed by atoms with E-state index >= 15 is 0 Å². The number of anilines is 1. The number of carboxylic acid groups (broad SMARTS) is 3. The predicted octanol–water partition coefficient (Wildman–Crippen LogP) is 5.98. The van der Waals surface area contributed by atoms with Gasteiger partial charge in [0.1, 0.15) is 42.5 Å². The number of nitrogens with one attached hydrogen (secondary N) is 7. The van der Waals surface area contributed by atoms with E-state index in [1.54, 1.807) is 32.0 Å². The number of carboxylic acids is 3. The summed E-state index contributed by atoms with van der Waals surface area (Å²) < 4.78 is 134. The van der Waals surface area contributed by atoms with Gasteiger partial charge in [-0.2, -0.15) is 39.3 Å². The molecule has 3 aromatic carbocycles. The van der Waals surface area contributed by atoms with Crippen molar-refractivity contribution in [3.05, 3.63) is 119 Å². The van der Waals surface area contributed by atoms with Gasteiger partial charge in [0.05, 0.1) is 26.5 Å². The third kappa shape index (κ3) is 35.3.